The lowest BCUT2D eigenvalue weighted by molar-refractivity contribution is 0.0883. The zero-order chi connectivity index (χ0) is 22.8. The van der Waals surface area contributed by atoms with E-state index in [1.54, 1.807) is 24.4 Å². The third kappa shape index (κ3) is 3.80. The minimum absolute atomic E-state index is 0.197. The molecule has 0 bridgehead atoms. The highest BCUT2D eigenvalue weighted by Gasteiger charge is 2.42. The molecule has 164 valence electrons. The number of carbonyl (C=O) groups is 1. The molecule has 0 aliphatic carbocycles. The summed E-state index contributed by atoms with van der Waals surface area (Å²) in [6.07, 6.45) is 2.14. The summed E-state index contributed by atoms with van der Waals surface area (Å²) in [7, 11) is 0. The summed E-state index contributed by atoms with van der Waals surface area (Å²) < 4.78 is 19.2. The molecule has 1 atom stereocenters. The Morgan fingerprint density at radius 2 is 1.73 bits per heavy atom. The molecular weight excluding hydrogens is 419 g/mol. The normalized spacial score (nSPS) is 17.0. The van der Waals surface area contributed by atoms with Gasteiger partial charge in [-0.1, -0.05) is 42.5 Å². The van der Waals surface area contributed by atoms with Crippen LogP contribution < -0.4 is 10.1 Å². The number of carbonyl (C=O) groups excluding carboxylic acids is 1. The molecule has 33 heavy (non-hydrogen) atoms. The minimum atomic E-state index is -0.933. The Hall–Kier alpha value is -4.19. The van der Waals surface area contributed by atoms with Crippen molar-refractivity contribution in [2.45, 2.75) is 12.0 Å². The lowest BCUT2D eigenvalue weighted by atomic mass is 9.80. The van der Waals surface area contributed by atoms with E-state index < -0.39 is 11.4 Å². The van der Waals surface area contributed by atoms with E-state index in [0.29, 0.717) is 30.0 Å². The molecule has 0 saturated heterocycles. The molecular formula is C27H21FN2O3. The van der Waals surface area contributed by atoms with E-state index in [-0.39, 0.29) is 11.7 Å². The maximum absolute atomic E-state index is 13.4. The van der Waals surface area contributed by atoms with E-state index in [4.69, 9.17) is 4.74 Å². The molecule has 0 spiro atoms. The molecule has 5 rings (SSSR count). The fourth-order valence-corrected chi connectivity index (χ4v) is 4.25. The molecule has 0 fully saturated rings. The van der Waals surface area contributed by atoms with Crippen LogP contribution in [0.15, 0.2) is 91.1 Å². The van der Waals surface area contributed by atoms with Crippen LogP contribution >= 0.6 is 0 Å². The van der Waals surface area contributed by atoms with Crippen LogP contribution in [-0.4, -0.2) is 22.6 Å². The zero-order valence-corrected chi connectivity index (χ0v) is 17.7. The van der Waals surface area contributed by atoms with Gasteiger partial charge < -0.3 is 15.2 Å². The van der Waals surface area contributed by atoms with Crippen LogP contribution in [0.1, 0.15) is 28.0 Å². The van der Waals surface area contributed by atoms with E-state index in [9.17, 15) is 14.3 Å². The Bertz CT molecular complexity index is 1310. The van der Waals surface area contributed by atoms with Gasteiger partial charge in [0, 0.05) is 23.7 Å². The molecule has 3 aromatic carbocycles. The molecule has 1 aromatic heterocycles. The molecule has 0 saturated carbocycles. The predicted octanol–water partition coefficient (Wildman–Crippen LogP) is 5.05. The topological polar surface area (TPSA) is 71.5 Å². The number of nitrogens with one attached hydrogen (secondary N) is 1. The van der Waals surface area contributed by atoms with Gasteiger partial charge >= 0.3 is 0 Å². The van der Waals surface area contributed by atoms with Gasteiger partial charge in [-0.15, -0.1) is 0 Å². The molecule has 2 heterocycles. The van der Waals surface area contributed by atoms with Crippen LogP contribution in [0.2, 0.25) is 0 Å². The number of aromatic hydroxyl groups is 1. The van der Waals surface area contributed by atoms with Crippen LogP contribution in [0.4, 0.5) is 4.39 Å². The monoisotopic (exact) mass is 440 g/mol. The molecule has 0 radical (unpaired) electrons. The number of aromatic nitrogens is 1. The largest absolute Gasteiger partial charge is 0.507 e. The van der Waals surface area contributed by atoms with Crippen molar-refractivity contribution in [3.05, 3.63) is 114 Å². The fraction of sp³-hybridized carbons (Fsp3) is 0.111. The first-order valence-electron chi connectivity index (χ1n) is 10.6. The number of halogens is 1. The van der Waals surface area contributed by atoms with Crippen molar-refractivity contribution < 1.29 is 19.0 Å². The summed E-state index contributed by atoms with van der Waals surface area (Å²) in [4.78, 5) is 17.8. The average molecular weight is 440 g/mol. The molecule has 1 aliphatic heterocycles. The first kappa shape index (κ1) is 20.7. The van der Waals surface area contributed by atoms with Crippen molar-refractivity contribution in [1.29, 1.82) is 0 Å². The highest BCUT2D eigenvalue weighted by molar-refractivity contribution is 5.95. The van der Waals surface area contributed by atoms with Crippen molar-refractivity contribution in [2.24, 2.45) is 0 Å². The first-order valence-corrected chi connectivity index (χ1v) is 10.6. The van der Waals surface area contributed by atoms with Crippen LogP contribution in [0.5, 0.6) is 11.5 Å². The standard InChI is InChI=1S/C27H21FN2O3/c28-21-13-9-19(10-14-21)26(32)30-27(15-17-33-24-6-3-16-29-25(24)27)20-11-7-18(8-12-20)22-4-1-2-5-23(22)31/h1-14,16,31H,15,17H2,(H,30,32)/t27-/m0/s1. The van der Waals surface area contributed by atoms with Gasteiger partial charge in [0.1, 0.15) is 28.5 Å². The molecule has 5 nitrogen and oxygen atoms in total. The third-order valence-electron chi connectivity index (χ3n) is 5.94. The van der Waals surface area contributed by atoms with E-state index in [1.807, 2.05) is 42.5 Å². The van der Waals surface area contributed by atoms with E-state index in [0.717, 1.165) is 16.7 Å². The number of hydrogen-bond acceptors (Lipinski definition) is 4. The summed E-state index contributed by atoms with van der Waals surface area (Å²) in [5.41, 5.74) is 2.44. The molecule has 6 heteroatoms. The second kappa shape index (κ2) is 8.39. The van der Waals surface area contributed by atoms with Gasteiger partial charge in [-0.05, 0) is 53.6 Å². The number of hydrogen-bond donors (Lipinski definition) is 2. The second-order valence-corrected chi connectivity index (χ2v) is 7.91. The van der Waals surface area contributed by atoms with Crippen molar-refractivity contribution in [1.82, 2.24) is 10.3 Å². The lowest BCUT2D eigenvalue weighted by Crippen LogP contribution is -2.50. The number of benzene rings is 3. The zero-order valence-electron chi connectivity index (χ0n) is 17.7. The number of nitrogens with zero attached hydrogens (tertiary/aromatic N) is 1. The number of phenols is 1. The van der Waals surface area contributed by atoms with Crippen LogP contribution in [0.25, 0.3) is 11.1 Å². The third-order valence-corrected chi connectivity index (χ3v) is 5.94. The van der Waals surface area contributed by atoms with E-state index >= 15 is 0 Å². The summed E-state index contributed by atoms with van der Waals surface area (Å²) >= 11 is 0. The Balaban J connectivity index is 1.59. The summed E-state index contributed by atoms with van der Waals surface area (Å²) in [5.74, 6) is 0.0629. The van der Waals surface area contributed by atoms with Gasteiger partial charge in [-0.2, -0.15) is 0 Å². The highest BCUT2D eigenvalue weighted by atomic mass is 19.1. The van der Waals surface area contributed by atoms with E-state index in [1.165, 1.54) is 24.3 Å². The van der Waals surface area contributed by atoms with Crippen molar-refractivity contribution in [3.63, 3.8) is 0 Å². The minimum Gasteiger partial charge on any atom is -0.507 e. The Labute approximate surface area is 190 Å². The van der Waals surface area contributed by atoms with Gasteiger partial charge in [-0.3, -0.25) is 9.78 Å². The van der Waals surface area contributed by atoms with Gasteiger partial charge in [0.2, 0.25) is 0 Å². The molecule has 1 amide bonds. The first-order chi connectivity index (χ1) is 16.1. The number of pyridine rings is 1. The van der Waals surface area contributed by atoms with Crippen molar-refractivity contribution >= 4 is 5.91 Å². The highest BCUT2D eigenvalue weighted by Crippen LogP contribution is 2.41. The number of phenolic OH excluding ortho intramolecular Hbond substituents is 1. The number of fused-ring (bicyclic) bond motifs is 1. The number of ether oxygens (including phenoxy) is 1. The van der Waals surface area contributed by atoms with Crippen LogP contribution in [0, 0.1) is 5.82 Å². The van der Waals surface area contributed by atoms with Gasteiger partial charge in [0.15, 0.2) is 0 Å². The Morgan fingerprint density at radius 3 is 2.48 bits per heavy atom. The van der Waals surface area contributed by atoms with Gasteiger partial charge in [-0.25, -0.2) is 4.39 Å². The maximum atomic E-state index is 13.4. The summed E-state index contributed by atoms with van der Waals surface area (Å²) in [5, 5.41) is 13.4. The number of amides is 1. The van der Waals surface area contributed by atoms with Crippen molar-refractivity contribution in [3.8, 4) is 22.6 Å². The van der Waals surface area contributed by atoms with Crippen LogP contribution in [0.3, 0.4) is 0 Å². The molecule has 4 aromatic rings. The van der Waals surface area contributed by atoms with Crippen molar-refractivity contribution in [2.75, 3.05) is 6.61 Å². The van der Waals surface area contributed by atoms with E-state index in [2.05, 4.69) is 10.3 Å². The Morgan fingerprint density at radius 1 is 0.970 bits per heavy atom. The smallest absolute Gasteiger partial charge is 0.252 e. The van der Waals surface area contributed by atoms with Crippen LogP contribution in [-0.2, 0) is 5.54 Å². The molecule has 2 N–H and O–H groups in total. The number of rotatable bonds is 4. The fourth-order valence-electron chi connectivity index (χ4n) is 4.25. The average Bonchev–Trinajstić information content (AvgIpc) is 2.85. The van der Waals surface area contributed by atoms with Gasteiger partial charge in [0.25, 0.3) is 5.91 Å². The number of para-hydroxylation sites is 1. The second-order valence-electron chi connectivity index (χ2n) is 7.91. The molecule has 1 aliphatic rings. The molecule has 0 unspecified atom stereocenters. The van der Waals surface area contributed by atoms with Gasteiger partial charge in [0.05, 0.1) is 6.61 Å². The predicted molar refractivity (Wildman–Crippen MR) is 123 cm³/mol. The Kier molecular flexibility index (Phi) is 5.26. The SMILES string of the molecule is O=C(N[C@]1(c2ccc(-c3ccccc3O)cc2)CCOc2cccnc21)c1ccc(F)cc1. The maximum Gasteiger partial charge on any atom is 0.252 e. The lowest BCUT2D eigenvalue weighted by Gasteiger charge is -2.39. The summed E-state index contributed by atoms with van der Waals surface area (Å²) in [6.45, 7) is 0.392. The summed E-state index contributed by atoms with van der Waals surface area (Å²) in [6, 6.07) is 23.9. The quantitative estimate of drug-likeness (QED) is 0.466.